The second kappa shape index (κ2) is 7.01. The van der Waals surface area contributed by atoms with Crippen LogP contribution in [0.3, 0.4) is 0 Å². The number of benzene rings is 1. The Morgan fingerprint density at radius 1 is 1.07 bits per heavy atom. The molecule has 3 aromatic heterocycles. The highest BCUT2D eigenvalue weighted by atomic mass is 19.4. The minimum Gasteiger partial charge on any atom is -0.397 e. The van der Waals surface area contributed by atoms with E-state index in [1.165, 1.54) is 23.0 Å². The average molecular weight is 396 g/mol. The van der Waals surface area contributed by atoms with Crippen LogP contribution in [-0.4, -0.2) is 33.0 Å². The summed E-state index contributed by atoms with van der Waals surface area (Å²) >= 11 is 0. The van der Waals surface area contributed by atoms with E-state index in [1.807, 2.05) is 12.1 Å². The molecule has 0 aliphatic rings. The van der Waals surface area contributed by atoms with Crippen molar-refractivity contribution in [3.63, 3.8) is 0 Å². The Morgan fingerprint density at radius 3 is 2.62 bits per heavy atom. The first-order chi connectivity index (χ1) is 13.9. The fourth-order valence-corrected chi connectivity index (χ4v) is 3.06. The van der Waals surface area contributed by atoms with Gasteiger partial charge in [0, 0.05) is 42.2 Å². The number of halogens is 3. The van der Waals surface area contributed by atoms with Gasteiger partial charge in [-0.2, -0.15) is 18.3 Å². The van der Waals surface area contributed by atoms with E-state index in [9.17, 15) is 13.2 Å². The summed E-state index contributed by atoms with van der Waals surface area (Å²) in [6.07, 6.45) is 1.89. The van der Waals surface area contributed by atoms with Crippen LogP contribution < -0.4 is 5.73 Å². The highest BCUT2D eigenvalue weighted by molar-refractivity contribution is 6.01. The van der Waals surface area contributed by atoms with E-state index >= 15 is 0 Å². The number of aliphatic imine (C=N–C) groups is 1. The number of nitrogens with two attached hydrogens (primary N) is 1. The van der Waals surface area contributed by atoms with Crippen molar-refractivity contribution in [2.24, 2.45) is 4.99 Å². The number of alkyl halides is 3. The van der Waals surface area contributed by atoms with Crippen LogP contribution in [0.25, 0.3) is 27.8 Å². The number of anilines is 1. The van der Waals surface area contributed by atoms with Gasteiger partial charge in [0.15, 0.2) is 5.82 Å². The quantitative estimate of drug-likeness (QED) is 0.528. The first-order valence-electron chi connectivity index (χ1n) is 8.56. The topological polar surface area (TPSA) is 82.0 Å². The largest absolute Gasteiger partial charge is 0.433 e. The maximum Gasteiger partial charge on any atom is 0.433 e. The third-order valence-electron chi connectivity index (χ3n) is 4.32. The Balaban J connectivity index is 1.95. The molecule has 0 bridgehead atoms. The number of nitrogens with zero attached hydrogens (tertiary/aromatic N) is 5. The molecular weight excluding hydrogens is 381 g/mol. The summed E-state index contributed by atoms with van der Waals surface area (Å²) in [4.78, 5) is 11.9. The zero-order valence-electron chi connectivity index (χ0n) is 15.2. The van der Waals surface area contributed by atoms with Gasteiger partial charge in [-0.3, -0.25) is 9.98 Å². The van der Waals surface area contributed by atoms with Gasteiger partial charge in [0.25, 0.3) is 0 Å². The summed E-state index contributed by atoms with van der Waals surface area (Å²) in [6.45, 7) is 0. The molecule has 0 aliphatic carbocycles. The van der Waals surface area contributed by atoms with Gasteiger partial charge in [0.05, 0.1) is 17.4 Å². The van der Waals surface area contributed by atoms with Crippen molar-refractivity contribution in [2.45, 2.75) is 6.18 Å². The third kappa shape index (κ3) is 3.54. The number of aromatic nitrogens is 4. The zero-order valence-corrected chi connectivity index (χ0v) is 15.2. The monoisotopic (exact) mass is 396 g/mol. The Bertz CT molecular complexity index is 1230. The van der Waals surface area contributed by atoms with E-state index < -0.39 is 11.9 Å². The predicted molar refractivity (Wildman–Crippen MR) is 105 cm³/mol. The molecule has 0 fully saturated rings. The van der Waals surface area contributed by atoms with Gasteiger partial charge in [-0.25, -0.2) is 9.67 Å². The minimum atomic E-state index is -4.54. The second-order valence-electron chi connectivity index (χ2n) is 6.33. The van der Waals surface area contributed by atoms with Crippen molar-refractivity contribution in [3.05, 3.63) is 66.2 Å². The summed E-state index contributed by atoms with van der Waals surface area (Å²) < 4.78 is 40.6. The van der Waals surface area contributed by atoms with Gasteiger partial charge >= 0.3 is 6.18 Å². The van der Waals surface area contributed by atoms with Gasteiger partial charge in [-0.1, -0.05) is 6.07 Å². The van der Waals surface area contributed by atoms with Gasteiger partial charge in [0.1, 0.15) is 5.69 Å². The summed E-state index contributed by atoms with van der Waals surface area (Å²) in [5.41, 5.74) is 8.26. The molecule has 0 aliphatic heterocycles. The zero-order chi connectivity index (χ0) is 20.6. The lowest BCUT2D eigenvalue weighted by Crippen LogP contribution is -2.10. The van der Waals surface area contributed by atoms with Crippen LogP contribution >= 0.6 is 0 Å². The van der Waals surface area contributed by atoms with Crippen LogP contribution in [0.5, 0.6) is 0 Å². The first kappa shape index (κ1) is 18.6. The molecule has 0 saturated heterocycles. The van der Waals surface area contributed by atoms with E-state index in [4.69, 9.17) is 5.73 Å². The molecule has 0 saturated carbocycles. The lowest BCUT2D eigenvalue weighted by Gasteiger charge is -2.10. The fourth-order valence-electron chi connectivity index (χ4n) is 3.06. The molecule has 0 radical (unpaired) electrons. The minimum absolute atomic E-state index is 0.0667. The van der Waals surface area contributed by atoms with Crippen LogP contribution in [-0.2, 0) is 6.18 Å². The van der Waals surface area contributed by atoms with Crippen molar-refractivity contribution in [1.29, 1.82) is 0 Å². The maximum atomic E-state index is 13.1. The van der Waals surface area contributed by atoms with Crippen molar-refractivity contribution < 1.29 is 13.2 Å². The van der Waals surface area contributed by atoms with Crippen LogP contribution in [0.2, 0.25) is 0 Å². The summed E-state index contributed by atoms with van der Waals surface area (Å²) in [5.74, 6) is 0.0667. The van der Waals surface area contributed by atoms with Gasteiger partial charge in [-0.15, -0.1) is 0 Å². The number of hydrogen-bond donors (Lipinski definition) is 1. The number of rotatable bonds is 3. The maximum absolute atomic E-state index is 13.1. The van der Waals surface area contributed by atoms with E-state index in [0.29, 0.717) is 11.2 Å². The van der Waals surface area contributed by atoms with Crippen molar-refractivity contribution in [3.8, 4) is 16.9 Å². The molecule has 146 valence electrons. The van der Waals surface area contributed by atoms with Gasteiger partial charge in [0.2, 0.25) is 0 Å². The smallest absolute Gasteiger partial charge is 0.397 e. The molecule has 4 aromatic rings. The Morgan fingerprint density at radius 2 is 1.90 bits per heavy atom. The Kier molecular flexibility index (Phi) is 4.50. The number of hydrogen-bond acceptors (Lipinski definition) is 5. The molecule has 3 heterocycles. The fraction of sp³-hybridized carbons (Fsp3) is 0.100. The molecule has 1 aromatic carbocycles. The van der Waals surface area contributed by atoms with Crippen molar-refractivity contribution >= 4 is 22.8 Å². The molecule has 9 heteroatoms. The number of fused-ring (bicyclic) bond motifs is 1. The van der Waals surface area contributed by atoms with E-state index in [0.717, 1.165) is 28.1 Å². The molecule has 0 spiro atoms. The summed E-state index contributed by atoms with van der Waals surface area (Å²) in [7, 11) is 1.64. The van der Waals surface area contributed by atoms with Crippen LogP contribution in [0, 0.1) is 0 Å². The van der Waals surface area contributed by atoms with E-state index in [-0.39, 0.29) is 5.82 Å². The van der Waals surface area contributed by atoms with Gasteiger partial charge < -0.3 is 5.73 Å². The lowest BCUT2D eigenvalue weighted by molar-refractivity contribution is -0.141. The molecule has 6 nitrogen and oxygen atoms in total. The van der Waals surface area contributed by atoms with Crippen LogP contribution in [0.15, 0.2) is 60.0 Å². The number of nitrogen functional groups attached to an aromatic ring is 1. The molecule has 0 amide bonds. The van der Waals surface area contributed by atoms with Crippen molar-refractivity contribution in [1.82, 2.24) is 19.7 Å². The lowest BCUT2D eigenvalue weighted by atomic mass is 10.0. The molecule has 4 rings (SSSR count). The molecule has 2 N–H and O–H groups in total. The normalized spacial score (nSPS) is 12.1. The Hall–Kier alpha value is -3.75. The van der Waals surface area contributed by atoms with Crippen LogP contribution in [0.4, 0.5) is 18.9 Å². The van der Waals surface area contributed by atoms with Crippen molar-refractivity contribution in [2.75, 3.05) is 12.8 Å². The molecule has 0 atom stereocenters. The van der Waals surface area contributed by atoms with E-state index in [2.05, 4.69) is 20.1 Å². The first-order valence-corrected chi connectivity index (χ1v) is 8.56. The SMILES string of the molecule is CN=Cc1cc(-c2cncc(N)c2)cc2c1cnn2-c1cccc(C(F)(F)F)n1. The number of pyridine rings is 2. The summed E-state index contributed by atoms with van der Waals surface area (Å²) in [5, 5.41) is 5.00. The summed E-state index contributed by atoms with van der Waals surface area (Å²) in [6, 6.07) is 9.19. The Labute approximate surface area is 163 Å². The molecule has 29 heavy (non-hydrogen) atoms. The average Bonchev–Trinajstić information content (AvgIpc) is 3.12. The van der Waals surface area contributed by atoms with Crippen LogP contribution in [0.1, 0.15) is 11.3 Å². The second-order valence-corrected chi connectivity index (χ2v) is 6.33. The predicted octanol–water partition coefficient (Wildman–Crippen LogP) is 4.13. The third-order valence-corrected chi connectivity index (χ3v) is 4.32. The molecular formula is C20H15F3N6. The highest BCUT2D eigenvalue weighted by Gasteiger charge is 2.32. The molecule has 0 unspecified atom stereocenters. The standard InChI is InChI=1S/C20H15F3N6/c1-25-8-14-5-12(13-6-15(24)10-26-9-13)7-17-16(14)11-27-29(17)19-4-2-3-18(28-19)20(21,22)23/h2-11H,24H2,1H3. The van der Waals surface area contributed by atoms with Gasteiger partial charge in [-0.05, 0) is 35.9 Å². The van der Waals surface area contributed by atoms with E-state index in [1.54, 1.807) is 31.7 Å². The highest BCUT2D eigenvalue weighted by Crippen LogP contribution is 2.31.